The van der Waals surface area contributed by atoms with Crippen LogP contribution in [0.5, 0.6) is 0 Å². The topological polar surface area (TPSA) is 32.3 Å². The minimum atomic E-state index is -0.230. The van der Waals surface area contributed by atoms with E-state index in [-0.39, 0.29) is 11.7 Å². The molecule has 1 atom stereocenters. The monoisotopic (exact) mass is 314 g/mol. The van der Waals surface area contributed by atoms with Crippen molar-refractivity contribution in [1.29, 1.82) is 0 Å². The van der Waals surface area contributed by atoms with Crippen LogP contribution in [0.4, 0.5) is 4.39 Å². The number of rotatable bonds is 3. The molecule has 0 spiro atoms. The minimum Gasteiger partial charge on any atom is -0.341 e. The molecule has 1 aliphatic heterocycles. The van der Waals surface area contributed by atoms with Crippen molar-refractivity contribution in [3.63, 3.8) is 0 Å². The zero-order valence-electron chi connectivity index (χ0n) is 10.2. The average molecular weight is 315 g/mol. The largest absolute Gasteiger partial charge is 0.341 e. The Balaban J connectivity index is 1.89. The van der Waals surface area contributed by atoms with E-state index in [2.05, 4.69) is 21.2 Å². The van der Waals surface area contributed by atoms with Gasteiger partial charge in [0.1, 0.15) is 5.82 Å². The summed E-state index contributed by atoms with van der Waals surface area (Å²) in [7, 11) is 0. The van der Waals surface area contributed by atoms with Gasteiger partial charge in [0, 0.05) is 37.1 Å². The quantitative estimate of drug-likeness (QED) is 0.928. The summed E-state index contributed by atoms with van der Waals surface area (Å²) in [5.41, 5.74) is 0.899. The maximum atomic E-state index is 13.1. The third-order valence-corrected chi connectivity index (χ3v) is 4.00. The lowest BCUT2D eigenvalue weighted by Crippen LogP contribution is -2.33. The molecule has 1 unspecified atom stereocenters. The first-order chi connectivity index (χ1) is 8.56. The highest BCUT2D eigenvalue weighted by Crippen LogP contribution is 2.18. The van der Waals surface area contributed by atoms with Crippen LogP contribution in [0.15, 0.2) is 22.7 Å². The molecule has 1 aliphatic rings. The Kier molecular flexibility index (Phi) is 4.35. The standard InChI is InChI=1S/C13H16BrFN2O/c1-9(18)17-5-4-12(8-17)16-7-10-6-11(15)2-3-13(10)14/h2-3,6,12,16H,4-5,7-8H2,1H3. The van der Waals surface area contributed by atoms with Crippen LogP contribution < -0.4 is 5.32 Å². The van der Waals surface area contributed by atoms with E-state index < -0.39 is 0 Å². The van der Waals surface area contributed by atoms with Crippen molar-refractivity contribution in [1.82, 2.24) is 10.2 Å². The summed E-state index contributed by atoms with van der Waals surface area (Å²) >= 11 is 3.40. The van der Waals surface area contributed by atoms with Gasteiger partial charge in [-0.2, -0.15) is 0 Å². The van der Waals surface area contributed by atoms with E-state index >= 15 is 0 Å². The average Bonchev–Trinajstić information content (AvgIpc) is 2.79. The molecule has 0 radical (unpaired) electrons. The molecule has 1 heterocycles. The first-order valence-electron chi connectivity index (χ1n) is 5.99. The van der Waals surface area contributed by atoms with E-state index in [4.69, 9.17) is 0 Å². The van der Waals surface area contributed by atoms with Crippen molar-refractivity contribution in [3.05, 3.63) is 34.1 Å². The first kappa shape index (κ1) is 13.5. The summed E-state index contributed by atoms with van der Waals surface area (Å²) in [6, 6.07) is 4.96. The highest BCUT2D eigenvalue weighted by molar-refractivity contribution is 9.10. The number of hydrogen-bond donors (Lipinski definition) is 1. The molecule has 0 bridgehead atoms. The summed E-state index contributed by atoms with van der Waals surface area (Å²) < 4.78 is 14.0. The van der Waals surface area contributed by atoms with E-state index in [1.54, 1.807) is 13.0 Å². The molecule has 1 aromatic rings. The fourth-order valence-corrected chi connectivity index (χ4v) is 2.53. The number of amides is 1. The third-order valence-electron chi connectivity index (χ3n) is 3.22. The Morgan fingerprint density at radius 1 is 1.61 bits per heavy atom. The predicted molar refractivity (Wildman–Crippen MR) is 71.6 cm³/mol. The van der Waals surface area contributed by atoms with Gasteiger partial charge in [-0.25, -0.2) is 4.39 Å². The van der Waals surface area contributed by atoms with Gasteiger partial charge < -0.3 is 10.2 Å². The maximum absolute atomic E-state index is 13.1. The Labute approximate surface area is 114 Å². The van der Waals surface area contributed by atoms with Gasteiger partial charge in [-0.3, -0.25) is 4.79 Å². The fourth-order valence-electron chi connectivity index (χ4n) is 2.15. The normalized spacial score (nSPS) is 19.3. The fraction of sp³-hybridized carbons (Fsp3) is 0.462. The van der Waals surface area contributed by atoms with Crippen LogP contribution >= 0.6 is 15.9 Å². The van der Waals surface area contributed by atoms with E-state index in [1.807, 2.05) is 4.90 Å². The minimum absolute atomic E-state index is 0.117. The predicted octanol–water partition coefficient (Wildman–Crippen LogP) is 2.30. The molecule has 18 heavy (non-hydrogen) atoms. The molecule has 98 valence electrons. The van der Waals surface area contributed by atoms with Gasteiger partial charge in [-0.1, -0.05) is 15.9 Å². The molecule has 1 saturated heterocycles. The second-order valence-electron chi connectivity index (χ2n) is 4.57. The summed E-state index contributed by atoms with van der Waals surface area (Å²) in [5.74, 6) is -0.113. The lowest BCUT2D eigenvalue weighted by atomic mass is 10.2. The number of nitrogens with zero attached hydrogens (tertiary/aromatic N) is 1. The molecular formula is C13H16BrFN2O. The van der Waals surface area contributed by atoms with Crippen molar-refractivity contribution >= 4 is 21.8 Å². The van der Waals surface area contributed by atoms with Crippen LogP contribution in [-0.4, -0.2) is 29.9 Å². The second kappa shape index (κ2) is 5.80. The van der Waals surface area contributed by atoms with Crippen molar-refractivity contribution in [2.45, 2.75) is 25.9 Å². The Hall–Kier alpha value is -0.940. The number of carbonyl (C=O) groups excluding carboxylic acids is 1. The number of hydrogen-bond acceptors (Lipinski definition) is 2. The smallest absolute Gasteiger partial charge is 0.219 e. The zero-order chi connectivity index (χ0) is 13.1. The summed E-state index contributed by atoms with van der Waals surface area (Å²) in [5, 5.41) is 3.36. The van der Waals surface area contributed by atoms with E-state index in [0.29, 0.717) is 12.6 Å². The van der Waals surface area contributed by atoms with E-state index in [9.17, 15) is 9.18 Å². The molecule has 0 saturated carbocycles. The lowest BCUT2D eigenvalue weighted by Gasteiger charge is -2.15. The summed E-state index contributed by atoms with van der Waals surface area (Å²) in [6.45, 7) is 3.74. The first-order valence-corrected chi connectivity index (χ1v) is 6.78. The molecule has 2 rings (SSSR count). The zero-order valence-corrected chi connectivity index (χ0v) is 11.8. The molecule has 1 fully saturated rings. The van der Waals surface area contributed by atoms with E-state index in [0.717, 1.165) is 29.5 Å². The van der Waals surface area contributed by atoms with Crippen LogP contribution in [0.1, 0.15) is 18.9 Å². The number of benzene rings is 1. The highest BCUT2D eigenvalue weighted by Gasteiger charge is 2.23. The molecular weight excluding hydrogens is 299 g/mol. The molecule has 5 heteroatoms. The van der Waals surface area contributed by atoms with Crippen molar-refractivity contribution in [3.8, 4) is 0 Å². The number of halogens is 2. The van der Waals surface area contributed by atoms with E-state index in [1.165, 1.54) is 12.1 Å². The van der Waals surface area contributed by atoms with Gasteiger partial charge >= 0.3 is 0 Å². The molecule has 0 aliphatic carbocycles. The number of nitrogens with one attached hydrogen (secondary N) is 1. The van der Waals surface area contributed by atoms with Crippen molar-refractivity contribution < 1.29 is 9.18 Å². The number of likely N-dealkylation sites (tertiary alicyclic amines) is 1. The molecule has 1 aromatic carbocycles. The second-order valence-corrected chi connectivity index (χ2v) is 5.42. The van der Waals surface area contributed by atoms with Crippen LogP contribution in [0.3, 0.4) is 0 Å². The Morgan fingerprint density at radius 2 is 2.39 bits per heavy atom. The van der Waals surface area contributed by atoms with Crippen LogP contribution in [0, 0.1) is 5.82 Å². The third kappa shape index (κ3) is 3.29. The molecule has 3 nitrogen and oxygen atoms in total. The van der Waals surface area contributed by atoms with Crippen molar-refractivity contribution in [2.24, 2.45) is 0 Å². The molecule has 1 amide bonds. The van der Waals surface area contributed by atoms with Gasteiger partial charge in [-0.15, -0.1) is 0 Å². The van der Waals surface area contributed by atoms with Gasteiger partial charge in [-0.05, 0) is 30.2 Å². The Morgan fingerprint density at radius 3 is 3.06 bits per heavy atom. The molecule has 1 N–H and O–H groups in total. The van der Waals surface area contributed by atoms with Crippen LogP contribution in [-0.2, 0) is 11.3 Å². The highest BCUT2D eigenvalue weighted by atomic mass is 79.9. The van der Waals surface area contributed by atoms with Gasteiger partial charge in [0.25, 0.3) is 0 Å². The van der Waals surface area contributed by atoms with Gasteiger partial charge in [0.05, 0.1) is 0 Å². The Bertz CT molecular complexity index is 453. The van der Waals surface area contributed by atoms with Gasteiger partial charge in [0.2, 0.25) is 5.91 Å². The molecule has 0 aromatic heterocycles. The summed E-state index contributed by atoms with van der Waals surface area (Å²) in [4.78, 5) is 13.0. The SMILES string of the molecule is CC(=O)N1CCC(NCc2cc(F)ccc2Br)C1. The van der Waals surface area contributed by atoms with Gasteiger partial charge in [0.15, 0.2) is 0 Å². The van der Waals surface area contributed by atoms with Crippen LogP contribution in [0.25, 0.3) is 0 Å². The summed E-state index contributed by atoms with van der Waals surface area (Å²) in [6.07, 6.45) is 0.951. The maximum Gasteiger partial charge on any atom is 0.219 e. The lowest BCUT2D eigenvalue weighted by molar-refractivity contribution is -0.127. The number of carbonyl (C=O) groups is 1. The van der Waals surface area contributed by atoms with Crippen molar-refractivity contribution in [2.75, 3.05) is 13.1 Å². The van der Waals surface area contributed by atoms with Crippen LogP contribution in [0.2, 0.25) is 0 Å².